The molecule has 0 aromatic carbocycles. The lowest BCUT2D eigenvalue weighted by molar-refractivity contribution is -0.138. The van der Waals surface area contributed by atoms with Gasteiger partial charge in [0.25, 0.3) is 0 Å². The molecule has 0 aromatic heterocycles. The molecule has 3 aliphatic rings. The maximum atomic E-state index is 10.7. The minimum atomic E-state index is -1.50. The Kier molecular flexibility index (Phi) is 5.50. The second kappa shape index (κ2) is 7.50. The van der Waals surface area contributed by atoms with Gasteiger partial charge in [-0.3, -0.25) is 10.5 Å². The average molecular weight is 384 g/mol. The van der Waals surface area contributed by atoms with E-state index in [0.29, 0.717) is 17.2 Å². The van der Waals surface area contributed by atoms with Gasteiger partial charge in [0.05, 0.1) is 12.3 Å². The summed E-state index contributed by atoms with van der Waals surface area (Å²) in [6.07, 6.45) is -1.18. The van der Waals surface area contributed by atoms with Gasteiger partial charge in [0, 0.05) is 5.75 Å². The van der Waals surface area contributed by atoms with Crippen LogP contribution in [0.3, 0.4) is 0 Å². The summed E-state index contributed by atoms with van der Waals surface area (Å²) in [6.45, 7) is 0. The maximum absolute atomic E-state index is 10.7. The highest BCUT2D eigenvalue weighted by molar-refractivity contribution is 7.99. The number of hydrogen-bond donors (Lipinski definition) is 5. The minimum Gasteiger partial charge on any atom is -0.480 e. The first-order chi connectivity index (χ1) is 12.3. The zero-order valence-electron chi connectivity index (χ0n) is 13.7. The van der Waals surface area contributed by atoms with Crippen molar-refractivity contribution >= 4 is 41.7 Å². The standard InChI is InChI=1S/C14H20N6O5S/c15-6(13(23)24)1-2-26-4-8-9(21)10(22)12(25-8)14(16)11-7(3-19-20-11)17-5-18-14/h3,5-6,8-10,12,21-22H,1-2,4,15-16H2,(H,23,24)/t6-,8+,9+,10+,12+,14?/m0/s1. The van der Waals surface area contributed by atoms with Crippen molar-refractivity contribution in [3.63, 3.8) is 0 Å². The van der Waals surface area contributed by atoms with Crippen molar-refractivity contribution in [2.45, 2.75) is 42.5 Å². The molecule has 3 aliphatic heterocycles. The van der Waals surface area contributed by atoms with Crippen LogP contribution in [0.15, 0.2) is 20.2 Å². The topological polar surface area (TPSA) is 188 Å². The summed E-state index contributed by atoms with van der Waals surface area (Å²) < 4.78 is 5.79. The van der Waals surface area contributed by atoms with Crippen LogP contribution in [0.25, 0.3) is 0 Å². The normalized spacial score (nSPS) is 36.6. The van der Waals surface area contributed by atoms with E-state index in [1.807, 2.05) is 0 Å². The maximum Gasteiger partial charge on any atom is 0.320 e. The van der Waals surface area contributed by atoms with Crippen LogP contribution in [-0.4, -0.2) is 92.9 Å². The Morgan fingerprint density at radius 2 is 2.19 bits per heavy atom. The molecular weight excluding hydrogens is 364 g/mol. The number of aliphatic carboxylic acids is 1. The molecule has 0 bridgehead atoms. The number of aliphatic hydroxyl groups excluding tert-OH is 2. The molecule has 3 heterocycles. The fraction of sp³-hybridized carbons (Fsp3) is 0.643. The van der Waals surface area contributed by atoms with E-state index in [1.54, 1.807) is 0 Å². The summed E-state index contributed by atoms with van der Waals surface area (Å²) >= 11 is 1.37. The van der Waals surface area contributed by atoms with Crippen LogP contribution in [0.4, 0.5) is 0 Å². The number of nitrogens with zero attached hydrogens (tertiary/aromatic N) is 4. The smallest absolute Gasteiger partial charge is 0.320 e. The number of carboxylic acids is 1. The first-order valence-corrected chi connectivity index (χ1v) is 9.10. The van der Waals surface area contributed by atoms with E-state index >= 15 is 0 Å². The Bertz CT molecular complexity index is 697. The number of rotatable bonds is 7. The van der Waals surface area contributed by atoms with E-state index < -0.39 is 42.1 Å². The molecule has 142 valence electrons. The van der Waals surface area contributed by atoms with Crippen LogP contribution in [0.1, 0.15) is 6.42 Å². The van der Waals surface area contributed by atoms with Gasteiger partial charge in [-0.05, 0) is 12.2 Å². The predicted octanol–water partition coefficient (Wildman–Crippen LogP) is -2.41. The van der Waals surface area contributed by atoms with Gasteiger partial charge in [0.1, 0.15) is 42.1 Å². The quantitative estimate of drug-likeness (QED) is 0.300. The third-order valence-corrected chi connectivity index (χ3v) is 5.49. The number of hydrogen-bond acceptors (Lipinski definition) is 11. The molecule has 1 fully saturated rings. The number of fused-ring (bicyclic) bond motifs is 1. The zero-order valence-corrected chi connectivity index (χ0v) is 14.5. The summed E-state index contributed by atoms with van der Waals surface area (Å²) in [6, 6.07) is -0.933. The van der Waals surface area contributed by atoms with E-state index in [1.165, 1.54) is 24.3 Å². The Labute approximate surface area is 152 Å². The van der Waals surface area contributed by atoms with Crippen molar-refractivity contribution in [3.05, 3.63) is 0 Å². The molecule has 11 nitrogen and oxygen atoms in total. The fourth-order valence-corrected chi connectivity index (χ4v) is 3.97. The number of carboxylic acid groups (broad SMARTS) is 1. The molecule has 26 heavy (non-hydrogen) atoms. The number of ether oxygens (including phenoxy) is 1. The number of nitrogens with two attached hydrogens (primary N) is 2. The SMILES string of the molecule is N[C@@H](CCSC[C@H]1O[C@@H](C2(N)N=CN=C3C=NN=C32)[C@H](O)[C@@H]1O)C(=O)O. The third kappa shape index (κ3) is 3.43. The molecule has 0 radical (unpaired) electrons. The summed E-state index contributed by atoms with van der Waals surface area (Å²) in [4.78, 5) is 18.8. The average Bonchev–Trinajstić information content (AvgIpc) is 3.19. The Morgan fingerprint density at radius 3 is 2.92 bits per heavy atom. The monoisotopic (exact) mass is 384 g/mol. The van der Waals surface area contributed by atoms with E-state index in [4.69, 9.17) is 21.3 Å². The van der Waals surface area contributed by atoms with Crippen molar-refractivity contribution in [1.82, 2.24) is 0 Å². The Balaban J connectivity index is 1.61. The lowest BCUT2D eigenvalue weighted by atomic mass is 9.90. The highest BCUT2D eigenvalue weighted by Crippen LogP contribution is 2.33. The van der Waals surface area contributed by atoms with Crippen molar-refractivity contribution < 1.29 is 24.9 Å². The van der Waals surface area contributed by atoms with Crippen molar-refractivity contribution in [2.75, 3.05) is 11.5 Å². The van der Waals surface area contributed by atoms with Gasteiger partial charge in [-0.25, -0.2) is 9.98 Å². The summed E-state index contributed by atoms with van der Waals surface area (Å²) in [5, 5.41) is 37.1. The van der Waals surface area contributed by atoms with Crippen molar-refractivity contribution in [3.8, 4) is 0 Å². The zero-order chi connectivity index (χ0) is 18.9. The van der Waals surface area contributed by atoms with Crippen molar-refractivity contribution in [2.24, 2.45) is 31.7 Å². The van der Waals surface area contributed by atoms with Crippen LogP contribution in [0.5, 0.6) is 0 Å². The molecule has 1 unspecified atom stereocenters. The molecule has 0 aromatic rings. The van der Waals surface area contributed by atoms with Gasteiger partial charge in [-0.1, -0.05) is 0 Å². The molecule has 6 atom stereocenters. The number of aliphatic hydroxyl groups is 2. The van der Waals surface area contributed by atoms with E-state index in [9.17, 15) is 15.0 Å². The lowest BCUT2D eigenvalue weighted by Gasteiger charge is -2.33. The van der Waals surface area contributed by atoms with Crippen LogP contribution >= 0.6 is 11.8 Å². The largest absolute Gasteiger partial charge is 0.480 e. The fourth-order valence-electron chi connectivity index (χ4n) is 2.87. The molecule has 0 spiro atoms. The van der Waals surface area contributed by atoms with E-state index in [2.05, 4.69) is 20.2 Å². The molecule has 0 amide bonds. The van der Waals surface area contributed by atoms with Crippen LogP contribution in [0.2, 0.25) is 0 Å². The molecule has 12 heteroatoms. The van der Waals surface area contributed by atoms with Gasteiger partial charge in [-0.2, -0.15) is 16.9 Å². The lowest BCUT2D eigenvalue weighted by Crippen LogP contribution is -2.62. The molecule has 1 saturated heterocycles. The summed E-state index contributed by atoms with van der Waals surface area (Å²) in [7, 11) is 0. The predicted molar refractivity (Wildman–Crippen MR) is 97.0 cm³/mol. The van der Waals surface area contributed by atoms with Crippen LogP contribution in [0, 0.1) is 0 Å². The second-order valence-electron chi connectivity index (χ2n) is 6.16. The number of thioether (sulfide) groups is 1. The number of carbonyl (C=O) groups is 1. The molecule has 0 saturated carbocycles. The number of aliphatic imine (C=N–C) groups is 2. The molecule has 0 aliphatic carbocycles. The van der Waals surface area contributed by atoms with E-state index in [-0.39, 0.29) is 12.1 Å². The Morgan fingerprint density at radius 1 is 1.42 bits per heavy atom. The molecular formula is C14H20N6O5S. The molecule has 3 rings (SSSR count). The van der Waals surface area contributed by atoms with Gasteiger partial charge >= 0.3 is 5.97 Å². The molecule has 7 N–H and O–H groups in total. The highest BCUT2D eigenvalue weighted by Gasteiger charge is 2.56. The van der Waals surface area contributed by atoms with Gasteiger partial charge in [-0.15, -0.1) is 5.10 Å². The van der Waals surface area contributed by atoms with Gasteiger partial charge in [0.2, 0.25) is 0 Å². The first kappa shape index (κ1) is 19.1. The summed E-state index contributed by atoms with van der Waals surface area (Å²) in [5.41, 5.74) is 11.0. The second-order valence-corrected chi connectivity index (χ2v) is 7.31. The Hall–Kier alpha value is -1.70. The van der Waals surface area contributed by atoms with Gasteiger partial charge < -0.3 is 25.8 Å². The van der Waals surface area contributed by atoms with Gasteiger partial charge in [0.15, 0.2) is 5.66 Å². The highest BCUT2D eigenvalue weighted by atomic mass is 32.2. The third-order valence-electron chi connectivity index (χ3n) is 4.40. The van der Waals surface area contributed by atoms with E-state index in [0.717, 1.165) is 0 Å². The first-order valence-electron chi connectivity index (χ1n) is 7.94. The van der Waals surface area contributed by atoms with Crippen LogP contribution < -0.4 is 11.5 Å². The summed E-state index contributed by atoms with van der Waals surface area (Å²) in [5.74, 6) is -0.245. The van der Waals surface area contributed by atoms with Crippen molar-refractivity contribution in [1.29, 1.82) is 0 Å². The minimum absolute atomic E-state index is 0.275. The van der Waals surface area contributed by atoms with Crippen LogP contribution in [-0.2, 0) is 9.53 Å².